The lowest BCUT2D eigenvalue weighted by molar-refractivity contribution is 0.435. The van der Waals surface area contributed by atoms with Gasteiger partial charge in [0.1, 0.15) is 5.76 Å². The first kappa shape index (κ1) is 9.19. The average Bonchev–Trinajstić information content (AvgIpc) is 2.85. The fraction of sp³-hybridized carbons (Fsp3) is 0.333. The van der Waals surface area contributed by atoms with Crippen LogP contribution in [0.15, 0.2) is 28.2 Å². The Morgan fingerprint density at radius 3 is 3.20 bits per heavy atom. The molecule has 1 N–H and O–H groups in total. The molecule has 1 aliphatic rings. The second-order valence-electron chi connectivity index (χ2n) is 3.90. The van der Waals surface area contributed by atoms with E-state index in [0.29, 0.717) is 0 Å². The standard InChI is InChI=1S/C12H13NOS/c1-8-3-6-14-12(8)11-9-4-7-15-10(9)2-5-13-11/h3-4,6-7,11,13H,2,5H2,1H3. The van der Waals surface area contributed by atoms with Crippen LogP contribution in [-0.2, 0) is 6.42 Å². The molecule has 2 aromatic heterocycles. The first-order chi connectivity index (χ1) is 7.36. The molecule has 1 unspecified atom stereocenters. The van der Waals surface area contributed by atoms with E-state index in [4.69, 9.17) is 4.42 Å². The smallest absolute Gasteiger partial charge is 0.128 e. The van der Waals surface area contributed by atoms with Crippen LogP contribution in [0.2, 0.25) is 0 Å². The fourth-order valence-corrected chi connectivity index (χ4v) is 3.09. The predicted octanol–water partition coefficient (Wildman–Crippen LogP) is 2.88. The van der Waals surface area contributed by atoms with Crippen LogP contribution in [-0.4, -0.2) is 6.54 Å². The van der Waals surface area contributed by atoms with Gasteiger partial charge in [-0.2, -0.15) is 0 Å². The molecule has 0 saturated heterocycles. The van der Waals surface area contributed by atoms with Crippen LogP contribution >= 0.6 is 11.3 Å². The van der Waals surface area contributed by atoms with Crippen molar-refractivity contribution in [2.24, 2.45) is 0 Å². The molecule has 2 aromatic rings. The zero-order chi connectivity index (χ0) is 10.3. The van der Waals surface area contributed by atoms with Gasteiger partial charge in [0.15, 0.2) is 0 Å². The van der Waals surface area contributed by atoms with Gasteiger partial charge in [-0.15, -0.1) is 11.3 Å². The van der Waals surface area contributed by atoms with Crippen LogP contribution < -0.4 is 5.32 Å². The molecule has 0 spiro atoms. The molecule has 1 aliphatic heterocycles. The minimum Gasteiger partial charge on any atom is -0.467 e. The summed E-state index contributed by atoms with van der Waals surface area (Å²) in [6, 6.07) is 4.49. The van der Waals surface area contributed by atoms with Gasteiger partial charge in [0.05, 0.1) is 12.3 Å². The van der Waals surface area contributed by atoms with Gasteiger partial charge in [0, 0.05) is 11.4 Å². The Kier molecular flexibility index (Phi) is 2.15. The highest BCUT2D eigenvalue weighted by molar-refractivity contribution is 7.10. The van der Waals surface area contributed by atoms with Crippen molar-refractivity contribution in [1.82, 2.24) is 5.32 Å². The van der Waals surface area contributed by atoms with Crippen LogP contribution in [0, 0.1) is 6.92 Å². The number of hydrogen-bond acceptors (Lipinski definition) is 3. The maximum absolute atomic E-state index is 5.57. The lowest BCUT2D eigenvalue weighted by atomic mass is 9.98. The molecule has 2 nitrogen and oxygen atoms in total. The molecule has 0 radical (unpaired) electrons. The Morgan fingerprint density at radius 2 is 2.40 bits per heavy atom. The second-order valence-corrected chi connectivity index (χ2v) is 4.90. The van der Waals surface area contributed by atoms with E-state index in [9.17, 15) is 0 Å². The summed E-state index contributed by atoms with van der Waals surface area (Å²) in [6.45, 7) is 3.14. The van der Waals surface area contributed by atoms with Gasteiger partial charge in [0.25, 0.3) is 0 Å². The van der Waals surface area contributed by atoms with Gasteiger partial charge in [0.2, 0.25) is 0 Å². The largest absolute Gasteiger partial charge is 0.467 e. The summed E-state index contributed by atoms with van der Waals surface area (Å²) in [7, 11) is 0. The van der Waals surface area contributed by atoms with Gasteiger partial charge < -0.3 is 9.73 Å². The van der Waals surface area contributed by atoms with E-state index in [0.717, 1.165) is 18.7 Å². The maximum atomic E-state index is 5.57. The molecule has 78 valence electrons. The maximum Gasteiger partial charge on any atom is 0.128 e. The Morgan fingerprint density at radius 1 is 1.47 bits per heavy atom. The van der Waals surface area contributed by atoms with Crippen LogP contribution in [0.3, 0.4) is 0 Å². The summed E-state index contributed by atoms with van der Waals surface area (Å²) < 4.78 is 5.57. The van der Waals surface area contributed by atoms with Gasteiger partial charge in [-0.05, 0) is 42.0 Å². The van der Waals surface area contributed by atoms with E-state index in [1.807, 2.05) is 17.4 Å². The molecule has 1 atom stereocenters. The van der Waals surface area contributed by atoms with Crippen LogP contribution in [0.5, 0.6) is 0 Å². The van der Waals surface area contributed by atoms with E-state index < -0.39 is 0 Å². The molecule has 0 saturated carbocycles. The first-order valence-corrected chi connectivity index (χ1v) is 6.08. The van der Waals surface area contributed by atoms with E-state index in [-0.39, 0.29) is 6.04 Å². The molecule has 0 bridgehead atoms. The van der Waals surface area contributed by atoms with E-state index >= 15 is 0 Å². The molecule has 3 rings (SSSR count). The number of fused-ring (bicyclic) bond motifs is 1. The second kappa shape index (κ2) is 3.51. The van der Waals surface area contributed by atoms with Crippen molar-refractivity contribution in [3.8, 4) is 0 Å². The quantitative estimate of drug-likeness (QED) is 0.797. The lowest BCUT2D eigenvalue weighted by Crippen LogP contribution is -2.29. The molecule has 3 heterocycles. The normalized spacial score (nSPS) is 20.2. The summed E-state index contributed by atoms with van der Waals surface area (Å²) in [6.07, 6.45) is 2.91. The van der Waals surface area contributed by atoms with Gasteiger partial charge in [-0.1, -0.05) is 0 Å². The minimum absolute atomic E-state index is 0.259. The molecule has 0 amide bonds. The molecular formula is C12H13NOS. The van der Waals surface area contributed by atoms with Crippen molar-refractivity contribution >= 4 is 11.3 Å². The summed E-state index contributed by atoms with van der Waals surface area (Å²) in [5.74, 6) is 1.06. The molecule has 0 fully saturated rings. The highest BCUT2D eigenvalue weighted by Gasteiger charge is 2.25. The van der Waals surface area contributed by atoms with Crippen molar-refractivity contribution in [1.29, 1.82) is 0 Å². The van der Waals surface area contributed by atoms with E-state index in [1.54, 1.807) is 6.26 Å². The Bertz CT molecular complexity index is 471. The fourth-order valence-electron chi connectivity index (χ4n) is 2.17. The molecule has 3 heteroatoms. The molecular weight excluding hydrogens is 206 g/mol. The van der Waals surface area contributed by atoms with Crippen molar-refractivity contribution in [3.63, 3.8) is 0 Å². The molecule has 0 aromatic carbocycles. The molecule has 0 aliphatic carbocycles. The highest BCUT2D eigenvalue weighted by atomic mass is 32.1. The third-order valence-corrected chi connectivity index (χ3v) is 3.95. The summed E-state index contributed by atoms with van der Waals surface area (Å²) in [4.78, 5) is 1.49. The predicted molar refractivity (Wildman–Crippen MR) is 61.3 cm³/mol. The first-order valence-electron chi connectivity index (χ1n) is 5.20. The lowest BCUT2D eigenvalue weighted by Gasteiger charge is -2.23. The number of aryl methyl sites for hydroxylation is 1. The van der Waals surface area contributed by atoms with Gasteiger partial charge >= 0.3 is 0 Å². The average molecular weight is 219 g/mol. The van der Waals surface area contributed by atoms with Crippen molar-refractivity contribution in [3.05, 3.63) is 45.5 Å². The number of rotatable bonds is 1. The van der Waals surface area contributed by atoms with Crippen molar-refractivity contribution < 1.29 is 4.42 Å². The Labute approximate surface area is 92.9 Å². The third-order valence-electron chi connectivity index (χ3n) is 2.96. The molecule has 15 heavy (non-hydrogen) atoms. The topological polar surface area (TPSA) is 25.2 Å². The number of thiophene rings is 1. The van der Waals surface area contributed by atoms with E-state index in [1.165, 1.54) is 16.0 Å². The number of hydrogen-bond donors (Lipinski definition) is 1. The SMILES string of the molecule is Cc1ccoc1C1NCCc2sccc21. The van der Waals surface area contributed by atoms with Crippen molar-refractivity contribution in [2.45, 2.75) is 19.4 Å². The van der Waals surface area contributed by atoms with E-state index in [2.05, 4.69) is 23.7 Å². The zero-order valence-electron chi connectivity index (χ0n) is 8.62. The highest BCUT2D eigenvalue weighted by Crippen LogP contribution is 2.33. The third kappa shape index (κ3) is 1.43. The van der Waals surface area contributed by atoms with Crippen LogP contribution in [0.1, 0.15) is 27.8 Å². The Hall–Kier alpha value is -1.06. The number of nitrogens with one attached hydrogen (secondary N) is 1. The minimum atomic E-state index is 0.259. The summed E-state index contributed by atoms with van der Waals surface area (Å²) in [5, 5.41) is 5.69. The summed E-state index contributed by atoms with van der Waals surface area (Å²) in [5.41, 5.74) is 2.62. The monoisotopic (exact) mass is 219 g/mol. The number of furan rings is 1. The van der Waals surface area contributed by atoms with Crippen LogP contribution in [0.25, 0.3) is 0 Å². The van der Waals surface area contributed by atoms with Gasteiger partial charge in [-0.3, -0.25) is 0 Å². The zero-order valence-corrected chi connectivity index (χ0v) is 9.43. The Balaban J connectivity index is 2.07. The van der Waals surface area contributed by atoms with Crippen molar-refractivity contribution in [2.75, 3.05) is 6.54 Å². The summed E-state index contributed by atoms with van der Waals surface area (Å²) >= 11 is 1.85. The van der Waals surface area contributed by atoms with Crippen LogP contribution in [0.4, 0.5) is 0 Å². The van der Waals surface area contributed by atoms with Gasteiger partial charge in [-0.25, -0.2) is 0 Å².